The van der Waals surface area contributed by atoms with Crippen LogP contribution in [0.25, 0.3) is 22.4 Å². The Bertz CT molecular complexity index is 1260. The summed E-state index contributed by atoms with van der Waals surface area (Å²) in [6, 6.07) is 8.73. The third kappa shape index (κ3) is 5.17. The lowest BCUT2D eigenvalue weighted by atomic mass is 9.95. The van der Waals surface area contributed by atoms with Crippen molar-refractivity contribution in [2.45, 2.75) is 37.7 Å². The number of carbonyl (C=O) groups is 1. The van der Waals surface area contributed by atoms with Gasteiger partial charge in [0.1, 0.15) is 11.6 Å². The summed E-state index contributed by atoms with van der Waals surface area (Å²) < 4.78 is 29.4. The summed E-state index contributed by atoms with van der Waals surface area (Å²) >= 11 is 0. The molecule has 33 heavy (non-hydrogen) atoms. The first kappa shape index (κ1) is 23.2. The van der Waals surface area contributed by atoms with E-state index < -0.39 is 21.2 Å². The highest BCUT2D eigenvalue weighted by Crippen LogP contribution is 2.26. The van der Waals surface area contributed by atoms with Crippen molar-refractivity contribution in [3.8, 4) is 11.4 Å². The van der Waals surface area contributed by atoms with E-state index >= 15 is 0 Å². The van der Waals surface area contributed by atoms with Crippen molar-refractivity contribution in [3.05, 3.63) is 36.5 Å². The number of fused-ring (bicyclic) bond motifs is 1. The van der Waals surface area contributed by atoms with Gasteiger partial charge in [-0.3, -0.25) is 4.79 Å². The van der Waals surface area contributed by atoms with E-state index in [9.17, 15) is 18.3 Å². The van der Waals surface area contributed by atoms with Crippen LogP contribution in [-0.2, 0) is 19.4 Å². The van der Waals surface area contributed by atoms with E-state index in [1.165, 1.54) is 6.26 Å². The third-order valence-electron chi connectivity index (χ3n) is 5.93. The zero-order valence-electron chi connectivity index (χ0n) is 18.9. The lowest BCUT2D eigenvalue weighted by Gasteiger charge is -2.34. The highest BCUT2D eigenvalue weighted by atomic mass is 32.2. The van der Waals surface area contributed by atoms with Gasteiger partial charge in [-0.1, -0.05) is 0 Å². The van der Waals surface area contributed by atoms with E-state index in [1.807, 2.05) is 12.1 Å². The molecule has 0 radical (unpaired) electrons. The van der Waals surface area contributed by atoms with E-state index in [2.05, 4.69) is 19.9 Å². The number of aliphatic carboxylic acids is 1. The van der Waals surface area contributed by atoms with Gasteiger partial charge in [0.05, 0.1) is 34.1 Å². The van der Waals surface area contributed by atoms with Crippen LogP contribution in [0.1, 0.15) is 26.7 Å². The Labute approximate surface area is 192 Å². The number of H-pyrrole nitrogens is 1. The van der Waals surface area contributed by atoms with E-state index in [0.29, 0.717) is 11.3 Å². The SMILES string of the molecule is CC(C)(COC1CCN(c2ccc(-c3nc4cc(S(C)(=O)=O)ccc4[nH]3)cn2)CC1)C(=O)O. The molecular formula is C23H28N4O5S. The molecule has 0 saturated carbocycles. The second-order valence-electron chi connectivity index (χ2n) is 9.13. The number of carboxylic acids is 1. The van der Waals surface area contributed by atoms with Gasteiger partial charge in [0, 0.05) is 31.1 Å². The number of aromatic amines is 1. The van der Waals surface area contributed by atoms with Crippen molar-refractivity contribution in [3.63, 3.8) is 0 Å². The molecule has 2 N–H and O–H groups in total. The summed E-state index contributed by atoms with van der Waals surface area (Å²) in [7, 11) is -3.29. The number of nitrogens with one attached hydrogen (secondary N) is 1. The molecular weight excluding hydrogens is 444 g/mol. The van der Waals surface area contributed by atoms with Gasteiger partial charge in [0.2, 0.25) is 0 Å². The molecule has 176 valence electrons. The Morgan fingerprint density at radius 2 is 1.97 bits per heavy atom. The van der Waals surface area contributed by atoms with E-state index in [4.69, 9.17) is 4.74 Å². The first-order chi connectivity index (χ1) is 15.5. The molecule has 0 atom stereocenters. The highest BCUT2D eigenvalue weighted by Gasteiger charge is 2.30. The van der Waals surface area contributed by atoms with Crippen molar-refractivity contribution in [2.75, 3.05) is 30.9 Å². The van der Waals surface area contributed by atoms with Crippen LogP contribution in [-0.4, -0.2) is 66.5 Å². The number of imidazole rings is 1. The topological polar surface area (TPSA) is 125 Å². The second-order valence-corrected chi connectivity index (χ2v) is 11.1. The van der Waals surface area contributed by atoms with Crippen LogP contribution in [0.3, 0.4) is 0 Å². The predicted octanol–water partition coefficient (Wildman–Crippen LogP) is 3.12. The number of piperidine rings is 1. The third-order valence-corrected chi connectivity index (χ3v) is 7.04. The maximum atomic E-state index is 11.8. The van der Waals surface area contributed by atoms with Crippen molar-refractivity contribution in [1.29, 1.82) is 0 Å². The van der Waals surface area contributed by atoms with Crippen LogP contribution in [0.5, 0.6) is 0 Å². The minimum Gasteiger partial charge on any atom is -0.481 e. The average molecular weight is 473 g/mol. The minimum atomic E-state index is -3.29. The lowest BCUT2D eigenvalue weighted by molar-refractivity contribution is -0.152. The number of rotatable bonds is 7. The van der Waals surface area contributed by atoms with Gasteiger partial charge in [0.15, 0.2) is 9.84 Å². The van der Waals surface area contributed by atoms with E-state index in [-0.39, 0.29) is 17.6 Å². The van der Waals surface area contributed by atoms with Crippen LogP contribution >= 0.6 is 0 Å². The van der Waals surface area contributed by atoms with Crippen LogP contribution in [0.4, 0.5) is 5.82 Å². The standard InChI is InChI=1S/C23H28N4O5S/c1-23(2,22(28)29)14-32-16-8-10-27(11-9-16)20-7-4-15(13-24-20)21-25-18-6-5-17(33(3,30)31)12-19(18)26-21/h4-7,12-13,16H,8-11,14H2,1-3H3,(H,25,26)(H,28,29). The van der Waals surface area contributed by atoms with Crippen molar-refractivity contribution < 1.29 is 23.1 Å². The van der Waals surface area contributed by atoms with Gasteiger partial charge in [-0.25, -0.2) is 18.4 Å². The number of nitrogens with zero attached hydrogens (tertiary/aromatic N) is 3. The molecule has 1 saturated heterocycles. The molecule has 1 fully saturated rings. The molecule has 4 rings (SSSR count). The number of hydrogen-bond acceptors (Lipinski definition) is 7. The zero-order chi connectivity index (χ0) is 23.8. The Hall–Kier alpha value is -2.98. The van der Waals surface area contributed by atoms with Crippen LogP contribution < -0.4 is 4.90 Å². The van der Waals surface area contributed by atoms with Gasteiger partial charge in [-0.15, -0.1) is 0 Å². The van der Waals surface area contributed by atoms with Crippen molar-refractivity contribution in [1.82, 2.24) is 15.0 Å². The van der Waals surface area contributed by atoms with Gasteiger partial charge >= 0.3 is 5.97 Å². The molecule has 2 aromatic heterocycles. The molecule has 0 unspecified atom stereocenters. The zero-order valence-corrected chi connectivity index (χ0v) is 19.7. The summed E-state index contributed by atoms with van der Waals surface area (Å²) in [5.74, 6) is 0.630. The van der Waals surface area contributed by atoms with Crippen LogP contribution in [0, 0.1) is 5.41 Å². The quantitative estimate of drug-likeness (QED) is 0.537. The number of hydrogen-bond donors (Lipinski definition) is 2. The van der Waals surface area contributed by atoms with Gasteiger partial charge in [-0.05, 0) is 57.0 Å². The minimum absolute atomic E-state index is 0.0477. The first-order valence-corrected chi connectivity index (χ1v) is 12.7. The number of ether oxygens (including phenoxy) is 1. The average Bonchev–Trinajstić information content (AvgIpc) is 3.21. The molecule has 9 nitrogen and oxygen atoms in total. The monoisotopic (exact) mass is 472 g/mol. The predicted molar refractivity (Wildman–Crippen MR) is 125 cm³/mol. The van der Waals surface area contributed by atoms with E-state index in [1.54, 1.807) is 38.2 Å². The van der Waals surface area contributed by atoms with Crippen LogP contribution in [0.2, 0.25) is 0 Å². The molecule has 1 aromatic carbocycles. The molecule has 3 aromatic rings. The number of aromatic nitrogens is 3. The summed E-state index contributed by atoms with van der Waals surface area (Å²) in [6.45, 7) is 5.10. The van der Waals surface area contributed by atoms with Crippen molar-refractivity contribution in [2.24, 2.45) is 5.41 Å². The molecule has 0 amide bonds. The van der Waals surface area contributed by atoms with Crippen molar-refractivity contribution >= 4 is 32.7 Å². The number of sulfone groups is 1. The largest absolute Gasteiger partial charge is 0.481 e. The normalized spacial score (nSPS) is 15.8. The Morgan fingerprint density at radius 3 is 2.58 bits per heavy atom. The summed E-state index contributed by atoms with van der Waals surface area (Å²) in [5.41, 5.74) is 1.27. The van der Waals surface area contributed by atoms with Gasteiger partial charge in [-0.2, -0.15) is 0 Å². The first-order valence-electron chi connectivity index (χ1n) is 10.8. The van der Waals surface area contributed by atoms with Crippen LogP contribution in [0.15, 0.2) is 41.4 Å². The maximum Gasteiger partial charge on any atom is 0.311 e. The Balaban J connectivity index is 1.39. The number of carboxylic acid groups (broad SMARTS) is 1. The summed E-state index contributed by atoms with van der Waals surface area (Å²) in [5, 5.41) is 9.22. The molecule has 1 aliphatic rings. The smallest absolute Gasteiger partial charge is 0.311 e. The lowest BCUT2D eigenvalue weighted by Crippen LogP contribution is -2.39. The fourth-order valence-electron chi connectivity index (χ4n) is 3.71. The molecule has 0 bridgehead atoms. The fraction of sp³-hybridized carbons (Fsp3) is 0.435. The maximum absolute atomic E-state index is 11.8. The molecule has 0 spiro atoms. The molecule has 0 aliphatic carbocycles. The Morgan fingerprint density at radius 1 is 1.24 bits per heavy atom. The number of pyridine rings is 1. The summed E-state index contributed by atoms with van der Waals surface area (Å²) in [4.78, 5) is 26.0. The second kappa shape index (κ2) is 8.75. The Kier molecular flexibility index (Phi) is 6.15. The molecule has 10 heteroatoms. The number of anilines is 1. The van der Waals surface area contributed by atoms with Gasteiger partial charge in [0.25, 0.3) is 0 Å². The van der Waals surface area contributed by atoms with Gasteiger partial charge < -0.3 is 19.7 Å². The van der Waals surface area contributed by atoms with E-state index in [0.717, 1.165) is 42.8 Å². The highest BCUT2D eigenvalue weighted by molar-refractivity contribution is 7.90. The fourth-order valence-corrected chi connectivity index (χ4v) is 4.35. The molecule has 3 heterocycles. The number of benzene rings is 1. The molecule has 1 aliphatic heterocycles. The summed E-state index contributed by atoms with van der Waals surface area (Å²) in [6.07, 6.45) is 4.60.